The fourth-order valence-corrected chi connectivity index (χ4v) is 1.06. The van der Waals surface area contributed by atoms with E-state index in [1.807, 2.05) is 0 Å². The first-order chi connectivity index (χ1) is 7.10. The lowest BCUT2D eigenvalue weighted by molar-refractivity contribution is 0.269. The molecule has 0 fully saturated rings. The summed E-state index contributed by atoms with van der Waals surface area (Å²) < 4.78 is 13.4. The number of aromatic nitrogens is 2. The van der Waals surface area contributed by atoms with Gasteiger partial charge in [-0.15, -0.1) is 0 Å². The van der Waals surface area contributed by atoms with Gasteiger partial charge < -0.3 is 15.3 Å². The average Bonchev–Trinajstić information content (AvgIpc) is 2.27. The van der Waals surface area contributed by atoms with E-state index >= 15 is 0 Å². The van der Waals surface area contributed by atoms with Crippen molar-refractivity contribution in [1.82, 2.24) is 9.97 Å². The Balaban J connectivity index is 3.01. The number of rotatable bonds is 4. The highest BCUT2D eigenvalue weighted by Crippen LogP contribution is 2.17. The molecule has 0 saturated carbocycles. The molecule has 15 heavy (non-hydrogen) atoms. The van der Waals surface area contributed by atoms with Crippen molar-refractivity contribution in [2.75, 3.05) is 30.9 Å². The summed E-state index contributed by atoms with van der Waals surface area (Å²) in [6.45, 7) is 1.72. The van der Waals surface area contributed by atoms with Gasteiger partial charge in [0.2, 0.25) is 5.95 Å². The number of halogens is 1. The van der Waals surface area contributed by atoms with Gasteiger partial charge in [0.15, 0.2) is 11.6 Å². The summed E-state index contributed by atoms with van der Waals surface area (Å²) in [5.41, 5.74) is 0. The van der Waals surface area contributed by atoms with E-state index in [-0.39, 0.29) is 18.5 Å². The Hall–Kier alpha value is -1.43. The Morgan fingerprint density at radius 1 is 1.67 bits per heavy atom. The molecule has 0 saturated heterocycles. The van der Waals surface area contributed by atoms with Gasteiger partial charge in [-0.3, -0.25) is 0 Å². The molecule has 1 atom stereocenters. The van der Waals surface area contributed by atoms with E-state index in [2.05, 4.69) is 15.3 Å². The molecule has 1 aromatic heterocycles. The summed E-state index contributed by atoms with van der Waals surface area (Å²) >= 11 is 0. The van der Waals surface area contributed by atoms with E-state index in [0.717, 1.165) is 6.20 Å². The number of likely N-dealkylation sites (N-methyl/N-ethyl adjacent to an activating group) is 1. The zero-order valence-corrected chi connectivity index (χ0v) is 9.03. The Kier molecular flexibility index (Phi) is 3.79. The van der Waals surface area contributed by atoms with Crippen molar-refractivity contribution < 1.29 is 9.50 Å². The number of aliphatic hydroxyl groups excluding tert-OH is 1. The molecular formula is C9H15FN4O. The first-order valence-corrected chi connectivity index (χ1v) is 4.64. The van der Waals surface area contributed by atoms with E-state index in [4.69, 9.17) is 5.11 Å². The smallest absolute Gasteiger partial charge is 0.224 e. The van der Waals surface area contributed by atoms with Crippen molar-refractivity contribution in [2.24, 2.45) is 0 Å². The first-order valence-electron chi connectivity index (χ1n) is 4.64. The van der Waals surface area contributed by atoms with Crippen molar-refractivity contribution in [2.45, 2.75) is 13.0 Å². The number of aliphatic hydroxyl groups is 1. The molecule has 0 aromatic carbocycles. The van der Waals surface area contributed by atoms with Crippen LogP contribution in [-0.2, 0) is 0 Å². The van der Waals surface area contributed by atoms with Crippen LogP contribution in [0.5, 0.6) is 0 Å². The maximum absolute atomic E-state index is 13.4. The van der Waals surface area contributed by atoms with Gasteiger partial charge in [-0.2, -0.15) is 4.98 Å². The molecule has 84 valence electrons. The summed E-state index contributed by atoms with van der Waals surface area (Å²) in [5.74, 6) is 0.0242. The second-order valence-corrected chi connectivity index (χ2v) is 3.26. The summed E-state index contributed by atoms with van der Waals surface area (Å²) in [6.07, 6.45) is 1.11. The molecule has 5 nitrogen and oxygen atoms in total. The third-order valence-corrected chi connectivity index (χ3v) is 2.21. The molecule has 0 aliphatic rings. The predicted molar refractivity (Wildman–Crippen MR) is 56.5 cm³/mol. The van der Waals surface area contributed by atoms with Crippen LogP contribution in [0, 0.1) is 5.82 Å². The maximum atomic E-state index is 13.4. The van der Waals surface area contributed by atoms with E-state index in [1.54, 1.807) is 25.9 Å². The van der Waals surface area contributed by atoms with Crippen molar-refractivity contribution in [3.8, 4) is 0 Å². The van der Waals surface area contributed by atoms with Crippen LogP contribution in [0.4, 0.5) is 16.2 Å². The number of hydrogen-bond donors (Lipinski definition) is 2. The third-order valence-electron chi connectivity index (χ3n) is 2.21. The maximum Gasteiger partial charge on any atom is 0.224 e. The number of anilines is 2. The minimum atomic E-state index is -0.503. The largest absolute Gasteiger partial charge is 0.394 e. The van der Waals surface area contributed by atoms with Gasteiger partial charge >= 0.3 is 0 Å². The molecule has 0 radical (unpaired) electrons. The van der Waals surface area contributed by atoms with E-state index in [1.165, 1.54) is 0 Å². The van der Waals surface area contributed by atoms with Crippen molar-refractivity contribution in [3.05, 3.63) is 12.0 Å². The fourth-order valence-electron chi connectivity index (χ4n) is 1.06. The molecule has 2 N–H and O–H groups in total. The van der Waals surface area contributed by atoms with Gasteiger partial charge in [0, 0.05) is 14.1 Å². The average molecular weight is 214 g/mol. The topological polar surface area (TPSA) is 61.3 Å². The van der Waals surface area contributed by atoms with Gasteiger partial charge in [0.25, 0.3) is 0 Å². The Morgan fingerprint density at radius 2 is 2.33 bits per heavy atom. The highest BCUT2D eigenvalue weighted by Gasteiger charge is 2.15. The Morgan fingerprint density at radius 3 is 2.87 bits per heavy atom. The van der Waals surface area contributed by atoms with Crippen LogP contribution in [0.15, 0.2) is 6.20 Å². The minimum Gasteiger partial charge on any atom is -0.394 e. The van der Waals surface area contributed by atoms with Crippen LogP contribution in [0.25, 0.3) is 0 Å². The van der Waals surface area contributed by atoms with E-state index < -0.39 is 5.82 Å². The SMILES string of the molecule is CNc1ncc(F)c(N(C)C(C)CO)n1. The van der Waals surface area contributed by atoms with Crippen LogP contribution in [-0.4, -0.2) is 41.8 Å². The van der Waals surface area contributed by atoms with Gasteiger partial charge in [-0.1, -0.05) is 0 Å². The normalized spacial score (nSPS) is 12.3. The highest BCUT2D eigenvalue weighted by molar-refractivity contribution is 5.43. The van der Waals surface area contributed by atoms with Gasteiger partial charge in [-0.25, -0.2) is 9.37 Å². The number of nitrogens with zero attached hydrogens (tertiary/aromatic N) is 3. The van der Waals surface area contributed by atoms with Crippen molar-refractivity contribution >= 4 is 11.8 Å². The molecule has 0 bridgehead atoms. The molecule has 1 aromatic rings. The Bertz CT molecular complexity index is 334. The van der Waals surface area contributed by atoms with Crippen LogP contribution < -0.4 is 10.2 Å². The number of hydrogen-bond acceptors (Lipinski definition) is 5. The zero-order chi connectivity index (χ0) is 11.4. The molecule has 1 unspecified atom stereocenters. The molecule has 6 heteroatoms. The summed E-state index contributed by atoms with van der Waals surface area (Å²) in [7, 11) is 3.33. The van der Waals surface area contributed by atoms with Crippen LogP contribution in [0.3, 0.4) is 0 Å². The predicted octanol–water partition coefficient (Wildman–Crippen LogP) is 0.474. The van der Waals surface area contributed by atoms with E-state index in [0.29, 0.717) is 5.95 Å². The van der Waals surface area contributed by atoms with Crippen molar-refractivity contribution in [1.29, 1.82) is 0 Å². The molecule has 1 heterocycles. The molecule has 1 rings (SSSR count). The summed E-state index contributed by atoms with van der Waals surface area (Å²) in [4.78, 5) is 9.28. The quantitative estimate of drug-likeness (QED) is 0.763. The second kappa shape index (κ2) is 4.88. The van der Waals surface area contributed by atoms with Crippen molar-refractivity contribution in [3.63, 3.8) is 0 Å². The lowest BCUT2D eigenvalue weighted by Gasteiger charge is -2.24. The second-order valence-electron chi connectivity index (χ2n) is 3.26. The molecule has 0 aliphatic heterocycles. The summed E-state index contributed by atoms with van der Waals surface area (Å²) in [5, 5.41) is 11.7. The Labute approximate surface area is 88.0 Å². The van der Waals surface area contributed by atoms with Gasteiger partial charge in [-0.05, 0) is 6.92 Å². The highest BCUT2D eigenvalue weighted by atomic mass is 19.1. The lowest BCUT2D eigenvalue weighted by atomic mass is 10.3. The molecule has 0 amide bonds. The van der Waals surface area contributed by atoms with Gasteiger partial charge in [0.05, 0.1) is 18.8 Å². The van der Waals surface area contributed by atoms with Crippen LogP contribution >= 0.6 is 0 Å². The van der Waals surface area contributed by atoms with Crippen LogP contribution in [0.1, 0.15) is 6.92 Å². The lowest BCUT2D eigenvalue weighted by Crippen LogP contribution is -2.33. The first kappa shape index (κ1) is 11.6. The minimum absolute atomic E-state index is 0.0607. The molecular weight excluding hydrogens is 199 g/mol. The third kappa shape index (κ3) is 2.53. The fraction of sp³-hybridized carbons (Fsp3) is 0.556. The van der Waals surface area contributed by atoms with E-state index in [9.17, 15) is 4.39 Å². The molecule has 0 aliphatic carbocycles. The van der Waals surface area contributed by atoms with Gasteiger partial charge in [0.1, 0.15) is 0 Å². The molecule has 0 spiro atoms. The monoisotopic (exact) mass is 214 g/mol. The number of nitrogens with one attached hydrogen (secondary N) is 1. The van der Waals surface area contributed by atoms with Crippen LogP contribution in [0.2, 0.25) is 0 Å². The zero-order valence-electron chi connectivity index (χ0n) is 9.03. The summed E-state index contributed by atoms with van der Waals surface area (Å²) in [6, 6.07) is -0.195. The standard InChI is InChI=1S/C9H15FN4O/c1-6(5-15)14(3)8-7(10)4-12-9(11-2)13-8/h4,6,15H,5H2,1-3H3,(H,11,12,13).